The molecule has 7 nitrogen and oxygen atoms in total. The Labute approximate surface area is 99.4 Å². The van der Waals surface area contributed by atoms with Crippen molar-refractivity contribution >= 4 is 5.82 Å². The van der Waals surface area contributed by atoms with Gasteiger partial charge < -0.3 is 15.8 Å². The summed E-state index contributed by atoms with van der Waals surface area (Å²) in [6.07, 6.45) is 2.32. The van der Waals surface area contributed by atoms with Crippen molar-refractivity contribution in [3.63, 3.8) is 0 Å². The number of likely N-dealkylation sites (tertiary alicyclic amines) is 1. The molecule has 1 aromatic rings. The normalized spacial score (nSPS) is 20.9. The molecule has 0 bridgehead atoms. The first-order valence-corrected chi connectivity index (χ1v) is 5.72. The van der Waals surface area contributed by atoms with Crippen LogP contribution >= 0.6 is 0 Å². The summed E-state index contributed by atoms with van der Waals surface area (Å²) in [7, 11) is 0. The number of aryl methyl sites for hydroxylation is 1. The van der Waals surface area contributed by atoms with E-state index in [-0.39, 0.29) is 11.9 Å². The lowest BCUT2D eigenvalue weighted by Gasteiger charge is -2.14. The van der Waals surface area contributed by atoms with Crippen LogP contribution in [-0.4, -0.2) is 45.1 Å². The number of hydrogen-bond donors (Lipinski definition) is 1. The molecule has 0 spiro atoms. The van der Waals surface area contributed by atoms with Crippen molar-refractivity contribution in [3.05, 3.63) is 22.1 Å². The average Bonchev–Trinajstić information content (AvgIpc) is 2.82. The molecule has 7 heteroatoms. The standard InChI is InChI=1S/C10H17N5O2/c1-8-12-6-10(15(16)17)14(8)5-4-13-3-2-9(11)7-13/h6,9H,2-5,7,11H2,1H3/t9-/m1/s1. The highest BCUT2D eigenvalue weighted by Crippen LogP contribution is 2.14. The summed E-state index contributed by atoms with van der Waals surface area (Å²) in [6, 6.07) is 0.244. The second-order valence-electron chi connectivity index (χ2n) is 4.42. The van der Waals surface area contributed by atoms with Gasteiger partial charge in [-0.15, -0.1) is 0 Å². The highest BCUT2D eigenvalue weighted by atomic mass is 16.6. The minimum Gasteiger partial charge on any atom is -0.358 e. The van der Waals surface area contributed by atoms with Crippen LogP contribution in [0.25, 0.3) is 0 Å². The van der Waals surface area contributed by atoms with Gasteiger partial charge in [-0.1, -0.05) is 0 Å². The van der Waals surface area contributed by atoms with Crippen LogP contribution in [-0.2, 0) is 6.54 Å². The number of rotatable bonds is 4. The number of aromatic nitrogens is 2. The van der Waals surface area contributed by atoms with Crippen LogP contribution in [0, 0.1) is 17.0 Å². The van der Waals surface area contributed by atoms with Crippen LogP contribution in [0.1, 0.15) is 12.2 Å². The maximum Gasteiger partial charge on any atom is 0.342 e. The van der Waals surface area contributed by atoms with E-state index in [1.165, 1.54) is 6.20 Å². The van der Waals surface area contributed by atoms with Gasteiger partial charge in [0.2, 0.25) is 0 Å². The minimum absolute atomic E-state index is 0.0611. The lowest BCUT2D eigenvalue weighted by molar-refractivity contribution is -0.392. The lowest BCUT2D eigenvalue weighted by atomic mass is 10.3. The van der Waals surface area contributed by atoms with Crippen molar-refractivity contribution in [2.24, 2.45) is 5.73 Å². The van der Waals surface area contributed by atoms with Crippen molar-refractivity contribution in [3.8, 4) is 0 Å². The molecule has 1 aliphatic rings. The first kappa shape index (κ1) is 12.0. The van der Waals surface area contributed by atoms with Gasteiger partial charge in [-0.2, -0.15) is 0 Å². The van der Waals surface area contributed by atoms with Crippen LogP contribution in [0.3, 0.4) is 0 Å². The number of nitrogens with two attached hydrogens (primary N) is 1. The number of nitrogens with zero attached hydrogens (tertiary/aromatic N) is 4. The summed E-state index contributed by atoms with van der Waals surface area (Å²) in [5, 5.41) is 10.8. The Kier molecular flexibility index (Phi) is 3.39. The smallest absolute Gasteiger partial charge is 0.342 e. The molecule has 0 aliphatic carbocycles. The van der Waals surface area contributed by atoms with Gasteiger partial charge in [0.25, 0.3) is 0 Å². The first-order chi connectivity index (χ1) is 8.08. The Morgan fingerprint density at radius 2 is 2.41 bits per heavy atom. The Balaban J connectivity index is 1.99. The molecule has 1 aromatic heterocycles. The molecule has 0 radical (unpaired) electrons. The summed E-state index contributed by atoms with van der Waals surface area (Å²) >= 11 is 0. The maximum atomic E-state index is 10.8. The van der Waals surface area contributed by atoms with Gasteiger partial charge in [-0.3, -0.25) is 4.90 Å². The van der Waals surface area contributed by atoms with Crippen LogP contribution in [0.2, 0.25) is 0 Å². The van der Waals surface area contributed by atoms with Crippen molar-refractivity contribution in [1.82, 2.24) is 14.5 Å². The van der Waals surface area contributed by atoms with Crippen molar-refractivity contribution in [1.29, 1.82) is 0 Å². The predicted molar refractivity (Wildman–Crippen MR) is 62.7 cm³/mol. The molecule has 94 valence electrons. The number of imidazole rings is 1. The summed E-state index contributed by atoms with van der Waals surface area (Å²) in [5.41, 5.74) is 5.81. The molecular weight excluding hydrogens is 222 g/mol. The van der Waals surface area contributed by atoms with Crippen LogP contribution in [0.4, 0.5) is 5.82 Å². The molecule has 17 heavy (non-hydrogen) atoms. The van der Waals surface area contributed by atoms with Gasteiger partial charge in [0.1, 0.15) is 12.7 Å². The van der Waals surface area contributed by atoms with Gasteiger partial charge in [-0.05, 0) is 17.9 Å². The molecule has 2 rings (SSSR count). The summed E-state index contributed by atoms with van der Waals surface area (Å²) < 4.78 is 1.64. The lowest BCUT2D eigenvalue weighted by Crippen LogP contribution is -2.29. The van der Waals surface area contributed by atoms with Gasteiger partial charge in [0, 0.05) is 26.1 Å². The fourth-order valence-electron chi connectivity index (χ4n) is 2.19. The molecular formula is C10H17N5O2. The second-order valence-corrected chi connectivity index (χ2v) is 4.42. The first-order valence-electron chi connectivity index (χ1n) is 5.72. The molecule has 1 atom stereocenters. The Morgan fingerprint density at radius 3 is 3.00 bits per heavy atom. The zero-order chi connectivity index (χ0) is 12.4. The van der Waals surface area contributed by atoms with Gasteiger partial charge in [0.15, 0.2) is 5.82 Å². The largest absolute Gasteiger partial charge is 0.358 e. The van der Waals surface area contributed by atoms with Crippen LogP contribution in [0.5, 0.6) is 0 Å². The van der Waals surface area contributed by atoms with Gasteiger partial charge in [0.05, 0.1) is 0 Å². The Hall–Kier alpha value is -1.47. The van der Waals surface area contributed by atoms with E-state index in [9.17, 15) is 10.1 Å². The monoisotopic (exact) mass is 239 g/mol. The molecule has 1 aliphatic heterocycles. The summed E-state index contributed by atoms with van der Waals surface area (Å²) in [6.45, 7) is 5.01. The van der Waals surface area contributed by atoms with E-state index in [4.69, 9.17) is 5.73 Å². The van der Waals surface area contributed by atoms with E-state index in [1.54, 1.807) is 11.5 Å². The second kappa shape index (κ2) is 4.80. The Bertz CT molecular complexity index is 417. The molecule has 2 heterocycles. The predicted octanol–water partition coefficient (Wildman–Crippen LogP) is 0.133. The molecule has 0 saturated carbocycles. The molecule has 0 unspecified atom stereocenters. The van der Waals surface area contributed by atoms with E-state index in [0.29, 0.717) is 12.4 Å². The van der Waals surface area contributed by atoms with Crippen molar-refractivity contribution in [2.75, 3.05) is 19.6 Å². The van der Waals surface area contributed by atoms with Gasteiger partial charge in [-0.25, -0.2) is 9.55 Å². The third-order valence-electron chi connectivity index (χ3n) is 3.17. The number of hydrogen-bond acceptors (Lipinski definition) is 5. The Morgan fingerprint density at radius 1 is 1.65 bits per heavy atom. The molecule has 2 N–H and O–H groups in total. The topological polar surface area (TPSA) is 90.2 Å². The number of nitro groups is 1. The van der Waals surface area contributed by atoms with Gasteiger partial charge >= 0.3 is 5.82 Å². The van der Waals surface area contributed by atoms with E-state index < -0.39 is 4.92 Å². The average molecular weight is 239 g/mol. The highest BCUT2D eigenvalue weighted by molar-refractivity contribution is 5.18. The molecule has 0 aromatic carbocycles. The zero-order valence-electron chi connectivity index (χ0n) is 9.87. The fourth-order valence-corrected chi connectivity index (χ4v) is 2.19. The van der Waals surface area contributed by atoms with E-state index >= 15 is 0 Å². The third kappa shape index (κ3) is 2.62. The summed E-state index contributed by atoms with van der Waals surface area (Å²) in [4.78, 5) is 16.6. The molecule has 1 saturated heterocycles. The highest BCUT2D eigenvalue weighted by Gasteiger charge is 2.22. The third-order valence-corrected chi connectivity index (χ3v) is 3.17. The minimum atomic E-state index is -0.393. The van der Waals surface area contributed by atoms with Crippen molar-refractivity contribution in [2.45, 2.75) is 25.9 Å². The molecule has 0 amide bonds. The summed E-state index contributed by atoms with van der Waals surface area (Å²) in [5.74, 6) is 0.742. The molecule has 1 fully saturated rings. The fraction of sp³-hybridized carbons (Fsp3) is 0.700. The van der Waals surface area contributed by atoms with E-state index in [0.717, 1.165) is 26.1 Å². The van der Waals surface area contributed by atoms with Crippen LogP contribution in [0.15, 0.2) is 6.20 Å². The van der Waals surface area contributed by atoms with Crippen molar-refractivity contribution < 1.29 is 4.92 Å². The van der Waals surface area contributed by atoms with E-state index in [1.807, 2.05) is 0 Å². The van der Waals surface area contributed by atoms with Crippen LogP contribution < -0.4 is 5.73 Å². The zero-order valence-corrected chi connectivity index (χ0v) is 9.87. The SMILES string of the molecule is Cc1ncc([N+](=O)[O-])n1CCN1CC[C@@H](N)C1. The quantitative estimate of drug-likeness (QED) is 0.596. The van der Waals surface area contributed by atoms with E-state index in [2.05, 4.69) is 9.88 Å². The maximum absolute atomic E-state index is 10.8.